The van der Waals surface area contributed by atoms with Gasteiger partial charge in [0.25, 0.3) is 11.6 Å². The normalized spacial score (nSPS) is 10.8. The van der Waals surface area contributed by atoms with E-state index in [-0.39, 0.29) is 16.3 Å². The van der Waals surface area contributed by atoms with Crippen LogP contribution in [0.3, 0.4) is 0 Å². The number of nitrogens with zero attached hydrogens (tertiary/aromatic N) is 2. The van der Waals surface area contributed by atoms with Gasteiger partial charge in [0, 0.05) is 23.6 Å². The van der Waals surface area contributed by atoms with E-state index in [1.165, 1.54) is 30.0 Å². The first-order valence-corrected chi connectivity index (χ1v) is 9.03. The lowest BCUT2D eigenvalue weighted by molar-refractivity contribution is -0.384. The second-order valence-corrected chi connectivity index (χ2v) is 6.40. The van der Waals surface area contributed by atoms with Crippen LogP contribution in [0.15, 0.2) is 54.2 Å². The maximum atomic E-state index is 12.3. The molecule has 0 aliphatic rings. The van der Waals surface area contributed by atoms with Crippen LogP contribution in [0.25, 0.3) is 0 Å². The molecule has 2 rings (SSSR count). The molecule has 0 unspecified atom stereocenters. The van der Waals surface area contributed by atoms with Gasteiger partial charge in [-0.05, 0) is 42.7 Å². The van der Waals surface area contributed by atoms with Crippen molar-refractivity contribution in [3.05, 3.63) is 74.9 Å². The summed E-state index contributed by atoms with van der Waals surface area (Å²) in [7, 11) is 0. The van der Waals surface area contributed by atoms with Crippen molar-refractivity contribution in [1.29, 1.82) is 5.26 Å². The van der Waals surface area contributed by atoms with Gasteiger partial charge in [-0.2, -0.15) is 5.26 Å². The fourth-order valence-electron chi connectivity index (χ4n) is 2.38. The number of aryl methyl sites for hydroxylation is 1. The Bertz CT molecular complexity index is 933. The van der Waals surface area contributed by atoms with Gasteiger partial charge in [-0.3, -0.25) is 14.9 Å². The maximum Gasteiger partial charge on any atom is 0.289 e. The standard InChI is InChI=1S/C20H19ClN4O3/c1-2-3-4-14-5-7-16(8-6-14)24-20(26)15(12-22)13-23-17-9-10-18(21)19(11-17)25(27)28/h5-11,13,23H,2-4H2,1H3,(H,24,26)/b15-13-. The van der Waals surface area contributed by atoms with Crippen molar-refractivity contribution < 1.29 is 9.72 Å². The molecule has 2 aromatic rings. The Morgan fingerprint density at radius 1 is 1.25 bits per heavy atom. The summed E-state index contributed by atoms with van der Waals surface area (Å²) >= 11 is 5.76. The Hall–Kier alpha value is -3.37. The van der Waals surface area contributed by atoms with Gasteiger partial charge in [0.1, 0.15) is 16.7 Å². The van der Waals surface area contributed by atoms with Crippen molar-refractivity contribution in [2.24, 2.45) is 0 Å². The predicted octanol–water partition coefficient (Wildman–Crippen LogP) is 5.05. The minimum atomic E-state index is -0.612. The Morgan fingerprint density at radius 3 is 2.54 bits per heavy atom. The summed E-state index contributed by atoms with van der Waals surface area (Å²) in [5, 5.41) is 25.5. The molecule has 0 saturated heterocycles. The fourth-order valence-corrected chi connectivity index (χ4v) is 2.57. The smallest absolute Gasteiger partial charge is 0.289 e. The van der Waals surface area contributed by atoms with Crippen LogP contribution in [0.1, 0.15) is 25.3 Å². The topological polar surface area (TPSA) is 108 Å². The van der Waals surface area contributed by atoms with Gasteiger partial charge < -0.3 is 10.6 Å². The van der Waals surface area contributed by atoms with E-state index in [2.05, 4.69) is 17.6 Å². The first-order valence-electron chi connectivity index (χ1n) is 8.65. The van der Waals surface area contributed by atoms with Gasteiger partial charge in [-0.25, -0.2) is 0 Å². The molecule has 0 heterocycles. The maximum absolute atomic E-state index is 12.3. The average Bonchev–Trinajstić information content (AvgIpc) is 2.68. The highest BCUT2D eigenvalue weighted by atomic mass is 35.5. The van der Waals surface area contributed by atoms with Gasteiger partial charge in [-0.15, -0.1) is 0 Å². The second kappa shape index (κ2) is 10.1. The highest BCUT2D eigenvalue weighted by Crippen LogP contribution is 2.27. The van der Waals surface area contributed by atoms with Crippen molar-refractivity contribution in [3.63, 3.8) is 0 Å². The molecule has 2 N–H and O–H groups in total. The monoisotopic (exact) mass is 398 g/mol. The minimum Gasteiger partial charge on any atom is -0.360 e. The summed E-state index contributed by atoms with van der Waals surface area (Å²) in [6.45, 7) is 2.13. The van der Waals surface area contributed by atoms with Crippen LogP contribution >= 0.6 is 11.6 Å². The highest BCUT2D eigenvalue weighted by Gasteiger charge is 2.13. The molecule has 1 amide bonds. The number of unbranched alkanes of at least 4 members (excludes halogenated alkanes) is 1. The first-order chi connectivity index (χ1) is 13.4. The van der Waals surface area contributed by atoms with E-state index in [0.717, 1.165) is 19.3 Å². The number of hydrogen-bond donors (Lipinski definition) is 2. The zero-order valence-electron chi connectivity index (χ0n) is 15.2. The zero-order chi connectivity index (χ0) is 20.5. The summed E-state index contributed by atoms with van der Waals surface area (Å²) in [4.78, 5) is 22.6. The summed E-state index contributed by atoms with van der Waals surface area (Å²) in [5.41, 5.74) is 1.64. The Labute approximate surface area is 167 Å². The molecule has 28 heavy (non-hydrogen) atoms. The molecule has 0 saturated carbocycles. The van der Waals surface area contributed by atoms with Crippen molar-refractivity contribution in [1.82, 2.24) is 0 Å². The van der Waals surface area contributed by atoms with E-state index in [1.54, 1.807) is 12.1 Å². The quantitative estimate of drug-likeness (QED) is 0.280. The van der Waals surface area contributed by atoms with E-state index < -0.39 is 10.8 Å². The van der Waals surface area contributed by atoms with Crippen molar-refractivity contribution >= 4 is 34.6 Å². The van der Waals surface area contributed by atoms with Crippen LogP contribution in [0.4, 0.5) is 17.1 Å². The molecule has 0 fully saturated rings. The number of nitro benzene ring substituents is 1. The average molecular weight is 399 g/mol. The van der Waals surface area contributed by atoms with Gasteiger partial charge in [0.15, 0.2) is 0 Å². The number of carbonyl (C=O) groups excluding carboxylic acids is 1. The Morgan fingerprint density at radius 2 is 1.93 bits per heavy atom. The summed E-state index contributed by atoms with van der Waals surface area (Å²) in [6, 6.07) is 13.3. The van der Waals surface area contributed by atoms with Crippen LogP contribution in [-0.2, 0) is 11.2 Å². The largest absolute Gasteiger partial charge is 0.360 e. The highest BCUT2D eigenvalue weighted by molar-refractivity contribution is 6.32. The van der Waals surface area contributed by atoms with E-state index in [0.29, 0.717) is 11.4 Å². The first kappa shape index (κ1) is 20.9. The third-order valence-corrected chi connectivity index (χ3v) is 4.24. The molecule has 0 aromatic heterocycles. The number of amides is 1. The molecule has 0 aliphatic carbocycles. The van der Waals surface area contributed by atoms with E-state index in [1.807, 2.05) is 18.2 Å². The van der Waals surface area contributed by atoms with Crippen LogP contribution in [-0.4, -0.2) is 10.8 Å². The molecule has 144 valence electrons. The number of halogens is 1. The van der Waals surface area contributed by atoms with Crippen LogP contribution < -0.4 is 10.6 Å². The zero-order valence-corrected chi connectivity index (χ0v) is 16.0. The number of hydrogen-bond acceptors (Lipinski definition) is 5. The lowest BCUT2D eigenvalue weighted by Crippen LogP contribution is -2.14. The predicted molar refractivity (Wildman–Crippen MR) is 109 cm³/mol. The SMILES string of the molecule is CCCCc1ccc(NC(=O)/C(C#N)=C\Nc2ccc(Cl)c([N+](=O)[O-])c2)cc1. The molecular weight excluding hydrogens is 380 g/mol. The Balaban J connectivity index is 2.06. The molecule has 0 bridgehead atoms. The molecule has 2 aromatic carbocycles. The molecule has 8 heteroatoms. The lowest BCUT2D eigenvalue weighted by atomic mass is 10.1. The van der Waals surface area contributed by atoms with Gasteiger partial charge in [0.2, 0.25) is 0 Å². The second-order valence-electron chi connectivity index (χ2n) is 5.99. The number of nitro groups is 1. The van der Waals surface area contributed by atoms with E-state index in [4.69, 9.17) is 11.6 Å². The summed E-state index contributed by atoms with van der Waals surface area (Å²) in [5.74, 6) is -0.584. The minimum absolute atomic E-state index is 0.000151. The third kappa shape index (κ3) is 5.83. The number of nitrogens with one attached hydrogen (secondary N) is 2. The summed E-state index contributed by atoms with van der Waals surface area (Å²) < 4.78 is 0. The van der Waals surface area contributed by atoms with Gasteiger partial charge in [0.05, 0.1) is 4.92 Å². The molecule has 0 aliphatic heterocycles. The van der Waals surface area contributed by atoms with Crippen LogP contribution in [0, 0.1) is 21.4 Å². The van der Waals surface area contributed by atoms with Gasteiger partial charge >= 0.3 is 0 Å². The molecule has 0 radical (unpaired) electrons. The molecule has 0 atom stereocenters. The van der Waals surface area contributed by atoms with E-state index in [9.17, 15) is 20.2 Å². The van der Waals surface area contributed by atoms with Crippen LogP contribution in [0.5, 0.6) is 0 Å². The van der Waals surface area contributed by atoms with Crippen molar-refractivity contribution in [2.45, 2.75) is 26.2 Å². The third-order valence-electron chi connectivity index (χ3n) is 3.92. The summed E-state index contributed by atoms with van der Waals surface area (Å²) in [6.07, 6.45) is 4.38. The fraction of sp³-hybridized carbons (Fsp3) is 0.200. The van der Waals surface area contributed by atoms with Gasteiger partial charge in [-0.1, -0.05) is 37.1 Å². The van der Waals surface area contributed by atoms with E-state index >= 15 is 0 Å². The van der Waals surface area contributed by atoms with Crippen LogP contribution in [0.2, 0.25) is 5.02 Å². The molecular formula is C20H19ClN4O3. The number of nitriles is 1. The number of carbonyl (C=O) groups is 1. The lowest BCUT2D eigenvalue weighted by Gasteiger charge is -2.07. The molecule has 0 spiro atoms. The number of anilines is 2. The number of rotatable bonds is 8. The number of benzene rings is 2. The van der Waals surface area contributed by atoms with Crippen molar-refractivity contribution in [3.8, 4) is 6.07 Å². The van der Waals surface area contributed by atoms with Crippen molar-refractivity contribution in [2.75, 3.05) is 10.6 Å². The molecule has 7 nitrogen and oxygen atoms in total. The Kier molecular flexibility index (Phi) is 7.55.